The fourth-order valence-electron chi connectivity index (χ4n) is 3.13. The molecule has 0 bridgehead atoms. The summed E-state index contributed by atoms with van der Waals surface area (Å²) in [6, 6.07) is 9.26. The smallest absolute Gasteiger partial charge is 0.255 e. The molecule has 1 amide bonds. The number of ether oxygens (including phenoxy) is 1. The zero-order chi connectivity index (χ0) is 18.1. The minimum Gasteiger partial charge on any atom is -0.375 e. The van der Waals surface area contributed by atoms with E-state index in [0.717, 1.165) is 16.7 Å². The largest absolute Gasteiger partial charge is 0.375 e. The van der Waals surface area contributed by atoms with Gasteiger partial charge in [0.05, 0.1) is 30.2 Å². The third-order valence-electron chi connectivity index (χ3n) is 4.44. The summed E-state index contributed by atoms with van der Waals surface area (Å²) in [4.78, 5) is 23.1. The van der Waals surface area contributed by atoms with Gasteiger partial charge in [-0.2, -0.15) is 5.26 Å². The van der Waals surface area contributed by atoms with Crippen molar-refractivity contribution in [1.82, 2.24) is 19.4 Å². The summed E-state index contributed by atoms with van der Waals surface area (Å²) in [7, 11) is 0. The molecule has 0 spiro atoms. The first-order chi connectivity index (χ1) is 12.7. The number of hydrogen-bond acceptors (Lipinski definition) is 5. The van der Waals surface area contributed by atoms with Crippen molar-refractivity contribution in [3.05, 3.63) is 54.1 Å². The van der Waals surface area contributed by atoms with Crippen molar-refractivity contribution in [1.29, 1.82) is 5.26 Å². The lowest BCUT2D eigenvalue weighted by atomic mass is 10.2. The first-order valence-electron chi connectivity index (χ1n) is 8.40. The van der Waals surface area contributed by atoms with Gasteiger partial charge in [0.25, 0.3) is 5.91 Å². The lowest BCUT2D eigenvalue weighted by Crippen LogP contribution is -2.44. The third-order valence-corrected chi connectivity index (χ3v) is 4.44. The standard InChI is InChI=1S/C19H17N5O2/c1-13-12-23(6-7-26-13)19(25)15-8-14-4-5-24(18(14)22-10-15)17-3-2-16(9-20)21-11-17/h2-5,8,10-11,13H,6-7,12H2,1H3. The normalized spacial score (nSPS) is 17.2. The van der Waals surface area contributed by atoms with Crippen LogP contribution >= 0.6 is 0 Å². The molecule has 3 aromatic rings. The minimum absolute atomic E-state index is 0.0256. The average molecular weight is 347 g/mol. The molecule has 7 nitrogen and oxygen atoms in total. The van der Waals surface area contributed by atoms with Gasteiger partial charge >= 0.3 is 0 Å². The number of rotatable bonds is 2. The molecular formula is C19H17N5O2. The molecule has 4 heterocycles. The van der Waals surface area contributed by atoms with E-state index in [2.05, 4.69) is 9.97 Å². The lowest BCUT2D eigenvalue weighted by Gasteiger charge is -2.31. The van der Waals surface area contributed by atoms with Crippen molar-refractivity contribution < 1.29 is 9.53 Å². The molecular weight excluding hydrogens is 330 g/mol. The molecule has 26 heavy (non-hydrogen) atoms. The highest BCUT2D eigenvalue weighted by atomic mass is 16.5. The molecule has 0 N–H and O–H groups in total. The molecule has 0 saturated carbocycles. The fourth-order valence-corrected chi connectivity index (χ4v) is 3.13. The SMILES string of the molecule is CC1CN(C(=O)c2cnc3c(ccn3-c3ccc(C#N)nc3)c2)CCO1. The van der Waals surface area contributed by atoms with Gasteiger partial charge in [0, 0.05) is 30.9 Å². The van der Waals surface area contributed by atoms with Crippen LogP contribution in [0.5, 0.6) is 0 Å². The number of pyridine rings is 2. The maximum absolute atomic E-state index is 12.7. The van der Waals surface area contributed by atoms with E-state index in [-0.39, 0.29) is 12.0 Å². The summed E-state index contributed by atoms with van der Waals surface area (Å²) in [6.07, 6.45) is 5.17. The second kappa shape index (κ2) is 6.58. The summed E-state index contributed by atoms with van der Waals surface area (Å²) in [6.45, 7) is 3.71. The predicted molar refractivity (Wildman–Crippen MR) is 94.9 cm³/mol. The zero-order valence-corrected chi connectivity index (χ0v) is 14.3. The first-order valence-corrected chi connectivity index (χ1v) is 8.40. The maximum Gasteiger partial charge on any atom is 0.255 e. The zero-order valence-electron chi connectivity index (χ0n) is 14.3. The van der Waals surface area contributed by atoms with Gasteiger partial charge in [0.2, 0.25) is 0 Å². The molecule has 1 saturated heterocycles. The van der Waals surface area contributed by atoms with E-state index in [4.69, 9.17) is 10.00 Å². The molecule has 3 aromatic heterocycles. The first kappa shape index (κ1) is 16.2. The number of hydrogen-bond donors (Lipinski definition) is 0. The van der Waals surface area contributed by atoms with Crippen molar-refractivity contribution in [3.63, 3.8) is 0 Å². The van der Waals surface area contributed by atoms with Crippen LogP contribution < -0.4 is 0 Å². The molecule has 1 aliphatic heterocycles. The molecule has 0 radical (unpaired) electrons. The topological polar surface area (TPSA) is 84.0 Å². The monoisotopic (exact) mass is 347 g/mol. The summed E-state index contributed by atoms with van der Waals surface area (Å²) >= 11 is 0. The van der Waals surface area contributed by atoms with Gasteiger partial charge in [-0.1, -0.05) is 0 Å². The van der Waals surface area contributed by atoms with Gasteiger partial charge in [0.1, 0.15) is 17.4 Å². The molecule has 130 valence electrons. The Hall–Kier alpha value is -3.24. The van der Waals surface area contributed by atoms with Gasteiger partial charge in [-0.25, -0.2) is 9.97 Å². The fraction of sp³-hybridized carbons (Fsp3) is 0.263. The van der Waals surface area contributed by atoms with Crippen LogP contribution in [0.25, 0.3) is 16.7 Å². The Kier molecular flexibility index (Phi) is 4.11. The average Bonchev–Trinajstić information content (AvgIpc) is 3.10. The highest BCUT2D eigenvalue weighted by Gasteiger charge is 2.23. The molecule has 4 rings (SSSR count). The Morgan fingerprint density at radius 1 is 1.31 bits per heavy atom. The molecule has 0 aromatic carbocycles. The lowest BCUT2D eigenvalue weighted by molar-refractivity contribution is -0.0124. The van der Waals surface area contributed by atoms with E-state index in [0.29, 0.717) is 31.0 Å². The number of nitrogens with zero attached hydrogens (tertiary/aromatic N) is 5. The van der Waals surface area contributed by atoms with E-state index in [9.17, 15) is 4.79 Å². The van der Waals surface area contributed by atoms with Crippen LogP contribution in [-0.4, -0.2) is 51.1 Å². The summed E-state index contributed by atoms with van der Waals surface area (Å²) < 4.78 is 7.38. The van der Waals surface area contributed by atoms with Crippen LogP contribution in [0, 0.1) is 11.3 Å². The number of morpholine rings is 1. The Balaban J connectivity index is 1.64. The number of aromatic nitrogens is 3. The summed E-state index contributed by atoms with van der Waals surface area (Å²) in [5.74, 6) is -0.0256. The molecule has 1 atom stereocenters. The highest BCUT2D eigenvalue weighted by molar-refractivity contribution is 5.97. The van der Waals surface area contributed by atoms with Crippen LogP contribution in [-0.2, 0) is 4.74 Å². The summed E-state index contributed by atoms with van der Waals surface area (Å²) in [5.41, 5.74) is 2.49. The quantitative estimate of drug-likeness (QED) is 0.709. The second-order valence-electron chi connectivity index (χ2n) is 6.27. The Morgan fingerprint density at radius 3 is 2.92 bits per heavy atom. The molecule has 1 aliphatic rings. The number of amides is 1. The maximum atomic E-state index is 12.7. The second-order valence-corrected chi connectivity index (χ2v) is 6.27. The highest BCUT2D eigenvalue weighted by Crippen LogP contribution is 2.20. The van der Waals surface area contributed by atoms with Gasteiger partial charge in [-0.05, 0) is 31.2 Å². The van der Waals surface area contributed by atoms with Crippen LogP contribution in [0.4, 0.5) is 0 Å². The molecule has 0 aliphatic carbocycles. The Labute approximate surface area is 150 Å². The Bertz CT molecular complexity index is 1000. The van der Waals surface area contributed by atoms with Crippen LogP contribution in [0.1, 0.15) is 23.0 Å². The van der Waals surface area contributed by atoms with E-state index in [1.165, 1.54) is 0 Å². The van der Waals surface area contributed by atoms with Gasteiger partial charge < -0.3 is 9.64 Å². The summed E-state index contributed by atoms with van der Waals surface area (Å²) in [5, 5.41) is 9.74. The van der Waals surface area contributed by atoms with Gasteiger partial charge in [-0.3, -0.25) is 9.36 Å². The minimum atomic E-state index is -0.0256. The number of carbonyl (C=O) groups excluding carboxylic acids is 1. The van der Waals surface area contributed by atoms with E-state index >= 15 is 0 Å². The Morgan fingerprint density at radius 2 is 2.19 bits per heavy atom. The van der Waals surface area contributed by atoms with Crippen LogP contribution in [0.15, 0.2) is 42.9 Å². The van der Waals surface area contributed by atoms with Crippen molar-refractivity contribution >= 4 is 16.9 Å². The number of carbonyl (C=O) groups is 1. The number of fused-ring (bicyclic) bond motifs is 1. The predicted octanol–water partition coefficient (Wildman–Crippen LogP) is 2.15. The molecule has 1 unspecified atom stereocenters. The van der Waals surface area contributed by atoms with Crippen LogP contribution in [0.3, 0.4) is 0 Å². The van der Waals surface area contributed by atoms with Crippen LogP contribution in [0.2, 0.25) is 0 Å². The van der Waals surface area contributed by atoms with Crippen molar-refractivity contribution in [2.75, 3.05) is 19.7 Å². The van der Waals surface area contributed by atoms with Crippen molar-refractivity contribution in [2.45, 2.75) is 13.0 Å². The van der Waals surface area contributed by atoms with Crippen molar-refractivity contribution in [3.8, 4) is 11.8 Å². The van der Waals surface area contributed by atoms with E-state index in [1.54, 1.807) is 23.4 Å². The number of nitriles is 1. The molecule has 7 heteroatoms. The van der Waals surface area contributed by atoms with Gasteiger partial charge in [0.15, 0.2) is 0 Å². The van der Waals surface area contributed by atoms with Gasteiger partial charge in [-0.15, -0.1) is 0 Å². The van der Waals surface area contributed by atoms with Crippen molar-refractivity contribution in [2.24, 2.45) is 0 Å². The van der Waals surface area contributed by atoms with E-state index in [1.807, 2.05) is 42.0 Å². The van der Waals surface area contributed by atoms with E-state index < -0.39 is 0 Å². The third kappa shape index (κ3) is 2.91. The molecule has 1 fully saturated rings.